The van der Waals surface area contributed by atoms with E-state index in [1.54, 1.807) is 18.2 Å². The van der Waals surface area contributed by atoms with E-state index in [1.807, 2.05) is 0 Å². The summed E-state index contributed by atoms with van der Waals surface area (Å²) in [7, 11) is 2.70. The number of nitrogens with one attached hydrogen (secondary N) is 1. The summed E-state index contributed by atoms with van der Waals surface area (Å²) in [6.45, 7) is -0.0441. The number of hydrogen-bond acceptors (Lipinski definition) is 3. The number of ether oxygens (including phenoxy) is 1. The molecular formula is C17H16F2N2O3. The van der Waals surface area contributed by atoms with Crippen LogP contribution in [0, 0.1) is 11.6 Å². The van der Waals surface area contributed by atoms with E-state index < -0.39 is 23.6 Å². The fraction of sp³-hybridized carbons (Fsp3) is 0.176. The topological polar surface area (TPSA) is 58.6 Å². The Hall–Kier alpha value is -2.96. The van der Waals surface area contributed by atoms with Crippen LogP contribution in [0.4, 0.5) is 19.3 Å². The van der Waals surface area contributed by atoms with Crippen molar-refractivity contribution in [1.82, 2.24) is 4.90 Å². The van der Waals surface area contributed by atoms with Gasteiger partial charge in [0.05, 0.1) is 18.4 Å². The van der Waals surface area contributed by atoms with Crippen molar-refractivity contribution in [2.45, 2.75) is 6.54 Å². The van der Waals surface area contributed by atoms with Crippen molar-refractivity contribution in [2.75, 3.05) is 19.5 Å². The summed E-state index contributed by atoms with van der Waals surface area (Å²) in [5.74, 6) is -1.83. The van der Waals surface area contributed by atoms with Gasteiger partial charge >= 0.3 is 6.09 Å². The van der Waals surface area contributed by atoms with Crippen LogP contribution in [0.1, 0.15) is 15.9 Å². The molecule has 7 heteroatoms. The summed E-state index contributed by atoms with van der Waals surface area (Å²) in [5.41, 5.74) is 0.694. The lowest BCUT2D eigenvalue weighted by molar-refractivity contribution is 0.0785. The van der Waals surface area contributed by atoms with E-state index in [1.165, 1.54) is 31.2 Å². The highest BCUT2D eigenvalue weighted by molar-refractivity contribution is 6.02. The van der Waals surface area contributed by atoms with E-state index in [0.29, 0.717) is 0 Å². The van der Waals surface area contributed by atoms with Crippen LogP contribution < -0.4 is 5.32 Å². The molecule has 5 nitrogen and oxygen atoms in total. The molecule has 0 atom stereocenters. The summed E-state index contributed by atoms with van der Waals surface area (Å²) < 4.78 is 31.2. The molecule has 126 valence electrons. The maximum absolute atomic E-state index is 13.7. The van der Waals surface area contributed by atoms with E-state index in [4.69, 9.17) is 0 Å². The molecule has 0 spiro atoms. The molecule has 0 heterocycles. The van der Waals surface area contributed by atoms with Gasteiger partial charge in [0.1, 0.15) is 11.6 Å². The average Bonchev–Trinajstić information content (AvgIpc) is 2.57. The van der Waals surface area contributed by atoms with Crippen LogP contribution in [0.25, 0.3) is 0 Å². The standard InChI is InChI=1S/C17H16F2N2O3/c1-21(10-11-7-8-12(18)9-14(11)19)16(22)13-5-3-4-6-15(13)20-17(23)24-2/h3-9H,10H2,1-2H3,(H,20,23). The van der Waals surface area contributed by atoms with E-state index in [9.17, 15) is 18.4 Å². The monoisotopic (exact) mass is 334 g/mol. The number of hydrogen-bond donors (Lipinski definition) is 1. The molecule has 0 radical (unpaired) electrons. The third-order valence-corrected chi connectivity index (χ3v) is 3.35. The minimum absolute atomic E-state index is 0.0441. The van der Waals surface area contributed by atoms with Gasteiger partial charge in [-0.3, -0.25) is 10.1 Å². The van der Waals surface area contributed by atoms with Crippen LogP contribution in [0.5, 0.6) is 0 Å². The number of anilines is 1. The number of carbonyl (C=O) groups excluding carboxylic acids is 2. The third-order valence-electron chi connectivity index (χ3n) is 3.35. The van der Waals surface area contributed by atoms with Gasteiger partial charge in [0, 0.05) is 25.2 Å². The average molecular weight is 334 g/mol. The highest BCUT2D eigenvalue weighted by atomic mass is 19.1. The second-order valence-electron chi connectivity index (χ2n) is 5.06. The van der Waals surface area contributed by atoms with Crippen molar-refractivity contribution >= 4 is 17.7 Å². The van der Waals surface area contributed by atoms with Crippen LogP contribution in [0.15, 0.2) is 42.5 Å². The Morgan fingerprint density at radius 1 is 1.17 bits per heavy atom. The van der Waals surface area contributed by atoms with E-state index >= 15 is 0 Å². The van der Waals surface area contributed by atoms with E-state index in [0.717, 1.165) is 12.1 Å². The molecule has 1 N–H and O–H groups in total. The van der Waals surface area contributed by atoms with Crippen molar-refractivity contribution in [3.63, 3.8) is 0 Å². The SMILES string of the molecule is COC(=O)Nc1ccccc1C(=O)N(C)Cc1ccc(F)cc1F. The fourth-order valence-electron chi connectivity index (χ4n) is 2.12. The van der Waals surface area contributed by atoms with Gasteiger partial charge in [-0.1, -0.05) is 18.2 Å². The Kier molecular flexibility index (Phi) is 5.47. The number of benzene rings is 2. The first-order valence-corrected chi connectivity index (χ1v) is 7.05. The predicted molar refractivity (Wildman–Crippen MR) is 84.6 cm³/mol. The number of rotatable bonds is 4. The maximum atomic E-state index is 13.7. The van der Waals surface area contributed by atoms with Gasteiger partial charge in [-0.05, 0) is 18.2 Å². The van der Waals surface area contributed by atoms with Crippen LogP contribution >= 0.6 is 0 Å². The predicted octanol–water partition coefficient (Wildman–Crippen LogP) is 3.42. The number of amides is 2. The quantitative estimate of drug-likeness (QED) is 0.932. The van der Waals surface area contributed by atoms with E-state index in [2.05, 4.69) is 10.1 Å². The Morgan fingerprint density at radius 2 is 1.88 bits per heavy atom. The highest BCUT2D eigenvalue weighted by Crippen LogP contribution is 2.19. The first kappa shape index (κ1) is 17.4. The van der Waals surface area contributed by atoms with Gasteiger partial charge in [-0.2, -0.15) is 0 Å². The summed E-state index contributed by atoms with van der Waals surface area (Å²) in [6, 6.07) is 9.56. The Morgan fingerprint density at radius 3 is 2.54 bits per heavy atom. The Labute approximate surface area is 137 Å². The Bertz CT molecular complexity index is 765. The first-order chi connectivity index (χ1) is 11.4. The molecular weight excluding hydrogens is 318 g/mol. The van der Waals surface area contributed by atoms with Gasteiger partial charge in [0.2, 0.25) is 0 Å². The molecule has 2 rings (SSSR count). The van der Waals surface area contributed by atoms with Gasteiger partial charge < -0.3 is 9.64 Å². The van der Waals surface area contributed by atoms with Crippen LogP contribution in [-0.2, 0) is 11.3 Å². The molecule has 0 aliphatic rings. The van der Waals surface area contributed by atoms with Crippen molar-refractivity contribution < 1.29 is 23.1 Å². The van der Waals surface area contributed by atoms with Crippen molar-refractivity contribution in [3.05, 3.63) is 65.2 Å². The minimum Gasteiger partial charge on any atom is -0.453 e. The molecule has 0 saturated carbocycles. The normalized spacial score (nSPS) is 10.2. The van der Waals surface area contributed by atoms with E-state index in [-0.39, 0.29) is 23.4 Å². The number of halogens is 2. The minimum atomic E-state index is -0.726. The van der Waals surface area contributed by atoms with Crippen LogP contribution in [0.3, 0.4) is 0 Å². The number of methoxy groups -OCH3 is 1. The number of para-hydroxylation sites is 1. The summed E-state index contributed by atoms with van der Waals surface area (Å²) in [5, 5.41) is 2.45. The number of nitrogens with zero attached hydrogens (tertiary/aromatic N) is 1. The maximum Gasteiger partial charge on any atom is 0.411 e. The lowest BCUT2D eigenvalue weighted by Gasteiger charge is -2.19. The summed E-state index contributed by atoms with van der Waals surface area (Å²) in [6.07, 6.45) is -0.706. The lowest BCUT2D eigenvalue weighted by Crippen LogP contribution is -2.28. The van der Waals surface area contributed by atoms with Gasteiger partial charge in [-0.25, -0.2) is 13.6 Å². The highest BCUT2D eigenvalue weighted by Gasteiger charge is 2.18. The largest absolute Gasteiger partial charge is 0.453 e. The van der Waals surface area contributed by atoms with Gasteiger partial charge in [0.25, 0.3) is 5.91 Å². The molecule has 24 heavy (non-hydrogen) atoms. The van der Waals surface area contributed by atoms with Crippen molar-refractivity contribution in [2.24, 2.45) is 0 Å². The van der Waals surface area contributed by atoms with Gasteiger partial charge in [-0.15, -0.1) is 0 Å². The zero-order valence-corrected chi connectivity index (χ0v) is 13.2. The molecule has 0 aromatic heterocycles. The molecule has 0 aliphatic heterocycles. The van der Waals surface area contributed by atoms with Crippen molar-refractivity contribution in [1.29, 1.82) is 0 Å². The third kappa shape index (κ3) is 4.07. The molecule has 0 unspecified atom stereocenters. The lowest BCUT2D eigenvalue weighted by atomic mass is 10.1. The summed E-state index contributed by atoms with van der Waals surface area (Å²) >= 11 is 0. The fourth-order valence-corrected chi connectivity index (χ4v) is 2.12. The first-order valence-electron chi connectivity index (χ1n) is 7.05. The second-order valence-corrected chi connectivity index (χ2v) is 5.06. The molecule has 0 bridgehead atoms. The van der Waals surface area contributed by atoms with Gasteiger partial charge in [0.15, 0.2) is 0 Å². The zero-order chi connectivity index (χ0) is 17.7. The zero-order valence-electron chi connectivity index (χ0n) is 13.2. The Balaban J connectivity index is 2.20. The van der Waals surface area contributed by atoms with Crippen LogP contribution in [-0.4, -0.2) is 31.1 Å². The second kappa shape index (κ2) is 7.54. The summed E-state index contributed by atoms with van der Waals surface area (Å²) in [4.78, 5) is 25.2. The molecule has 2 aromatic carbocycles. The van der Waals surface area contributed by atoms with Crippen molar-refractivity contribution in [3.8, 4) is 0 Å². The molecule has 2 amide bonds. The molecule has 0 aliphatic carbocycles. The van der Waals surface area contributed by atoms with Crippen LogP contribution in [0.2, 0.25) is 0 Å². The molecule has 0 fully saturated rings. The smallest absolute Gasteiger partial charge is 0.411 e. The molecule has 0 saturated heterocycles. The molecule has 2 aromatic rings. The number of carbonyl (C=O) groups is 2.